The Morgan fingerprint density at radius 1 is 1.40 bits per heavy atom. The number of nitrogens with one attached hydrogen (secondary N) is 1. The second-order valence-corrected chi connectivity index (χ2v) is 5.70. The second-order valence-electron chi connectivity index (χ2n) is 5.70. The number of methoxy groups -OCH3 is 1. The largest absolute Gasteiger partial charge is 0.493 e. The Balaban J connectivity index is 2.86. The molecule has 0 aromatic carbocycles. The van der Waals surface area contributed by atoms with Crippen LogP contribution < -0.4 is 10.1 Å². The van der Waals surface area contributed by atoms with E-state index in [2.05, 4.69) is 54.9 Å². The molecular formula is C15H30N4O. The van der Waals surface area contributed by atoms with E-state index in [1.807, 2.05) is 6.20 Å². The summed E-state index contributed by atoms with van der Waals surface area (Å²) in [5.41, 5.74) is 1.21. The summed E-state index contributed by atoms with van der Waals surface area (Å²) in [6.45, 7) is 10.6. The zero-order valence-corrected chi connectivity index (χ0v) is 13.8. The minimum Gasteiger partial charge on any atom is -0.493 e. The maximum atomic E-state index is 5.49. The number of nitrogens with zero attached hydrogens (tertiary/aromatic N) is 3. The Hall–Kier alpha value is -1.07. The molecule has 0 amide bonds. The van der Waals surface area contributed by atoms with Gasteiger partial charge in [0.25, 0.3) is 0 Å². The zero-order chi connectivity index (χ0) is 15.1. The lowest BCUT2D eigenvalue weighted by atomic mass is 9.92. The Labute approximate surface area is 123 Å². The fourth-order valence-corrected chi connectivity index (χ4v) is 2.29. The fraction of sp³-hybridized carbons (Fsp3) is 0.800. The summed E-state index contributed by atoms with van der Waals surface area (Å²) in [6.07, 6.45) is 1.83. The molecule has 1 aromatic heterocycles. The molecule has 1 N–H and O–H groups in total. The van der Waals surface area contributed by atoms with Crippen LogP contribution in [0.2, 0.25) is 0 Å². The summed E-state index contributed by atoms with van der Waals surface area (Å²) in [6, 6.07) is 0. The molecule has 0 aliphatic heterocycles. The van der Waals surface area contributed by atoms with Gasteiger partial charge < -0.3 is 15.0 Å². The van der Waals surface area contributed by atoms with Crippen LogP contribution in [0.3, 0.4) is 0 Å². The standard InChI is InChI=1S/C15H30N4O/c1-7-16-10-12(2)13(3)15-14(20-6)11-17-19(15)9-8-18(4)5/h11-13,16H,7-10H2,1-6H3. The molecular weight excluding hydrogens is 252 g/mol. The van der Waals surface area contributed by atoms with Gasteiger partial charge in [-0.05, 0) is 33.1 Å². The van der Waals surface area contributed by atoms with Gasteiger partial charge in [0.2, 0.25) is 0 Å². The van der Waals surface area contributed by atoms with E-state index in [0.717, 1.165) is 31.9 Å². The lowest BCUT2D eigenvalue weighted by Crippen LogP contribution is -2.26. The van der Waals surface area contributed by atoms with E-state index < -0.39 is 0 Å². The molecule has 0 saturated carbocycles. The molecule has 116 valence electrons. The molecule has 1 heterocycles. The Morgan fingerprint density at radius 3 is 2.65 bits per heavy atom. The first-order valence-corrected chi connectivity index (χ1v) is 7.46. The van der Waals surface area contributed by atoms with E-state index in [1.165, 1.54) is 5.69 Å². The fourth-order valence-electron chi connectivity index (χ4n) is 2.29. The van der Waals surface area contributed by atoms with Crippen LogP contribution in [-0.4, -0.2) is 55.5 Å². The van der Waals surface area contributed by atoms with Gasteiger partial charge in [0.05, 0.1) is 25.5 Å². The molecule has 0 spiro atoms. The molecule has 2 atom stereocenters. The van der Waals surface area contributed by atoms with Crippen molar-refractivity contribution in [1.29, 1.82) is 0 Å². The number of aromatic nitrogens is 2. The third kappa shape index (κ3) is 4.49. The van der Waals surface area contributed by atoms with Crippen LogP contribution in [0.25, 0.3) is 0 Å². The van der Waals surface area contributed by atoms with Crippen molar-refractivity contribution in [3.63, 3.8) is 0 Å². The first kappa shape index (κ1) is 17.0. The van der Waals surface area contributed by atoms with Gasteiger partial charge in [0, 0.05) is 12.5 Å². The predicted octanol–water partition coefficient (Wildman–Crippen LogP) is 1.80. The van der Waals surface area contributed by atoms with Gasteiger partial charge in [-0.2, -0.15) is 5.10 Å². The number of hydrogen-bond donors (Lipinski definition) is 1. The second kappa shape index (κ2) is 8.27. The van der Waals surface area contributed by atoms with E-state index in [4.69, 9.17) is 4.74 Å². The predicted molar refractivity (Wildman–Crippen MR) is 83.5 cm³/mol. The highest BCUT2D eigenvalue weighted by atomic mass is 16.5. The SMILES string of the molecule is CCNCC(C)C(C)c1c(OC)cnn1CCN(C)C. The van der Waals surface area contributed by atoms with Crippen LogP contribution in [-0.2, 0) is 6.54 Å². The van der Waals surface area contributed by atoms with Crippen molar-refractivity contribution in [2.75, 3.05) is 40.8 Å². The third-order valence-corrected chi connectivity index (χ3v) is 3.83. The van der Waals surface area contributed by atoms with E-state index in [1.54, 1.807) is 7.11 Å². The topological polar surface area (TPSA) is 42.3 Å². The lowest BCUT2D eigenvalue weighted by molar-refractivity contribution is 0.348. The molecule has 0 bridgehead atoms. The summed E-state index contributed by atoms with van der Waals surface area (Å²) >= 11 is 0. The van der Waals surface area contributed by atoms with Crippen molar-refractivity contribution >= 4 is 0 Å². The van der Waals surface area contributed by atoms with Gasteiger partial charge in [0.1, 0.15) is 0 Å². The Kier molecular flexibility index (Phi) is 7.02. The number of likely N-dealkylation sites (N-methyl/N-ethyl adjacent to an activating group) is 1. The quantitative estimate of drug-likeness (QED) is 0.750. The van der Waals surface area contributed by atoms with Crippen molar-refractivity contribution in [1.82, 2.24) is 20.0 Å². The summed E-state index contributed by atoms with van der Waals surface area (Å²) in [4.78, 5) is 2.17. The molecule has 0 saturated heterocycles. The highest BCUT2D eigenvalue weighted by Crippen LogP contribution is 2.31. The minimum absolute atomic E-state index is 0.411. The van der Waals surface area contributed by atoms with Crippen LogP contribution in [0.1, 0.15) is 32.4 Å². The molecule has 5 heteroatoms. The Bertz CT molecular complexity index is 389. The summed E-state index contributed by atoms with van der Waals surface area (Å²) in [7, 11) is 5.88. The summed E-state index contributed by atoms with van der Waals surface area (Å²) < 4.78 is 7.58. The molecule has 0 aliphatic rings. The molecule has 0 fully saturated rings. The third-order valence-electron chi connectivity index (χ3n) is 3.83. The van der Waals surface area contributed by atoms with Crippen molar-refractivity contribution in [2.45, 2.75) is 33.2 Å². The first-order chi connectivity index (χ1) is 9.51. The zero-order valence-electron chi connectivity index (χ0n) is 13.8. The smallest absolute Gasteiger partial charge is 0.160 e. The van der Waals surface area contributed by atoms with Gasteiger partial charge in [-0.25, -0.2) is 0 Å². The van der Waals surface area contributed by atoms with Crippen molar-refractivity contribution < 1.29 is 4.74 Å². The van der Waals surface area contributed by atoms with E-state index >= 15 is 0 Å². The van der Waals surface area contributed by atoms with Gasteiger partial charge >= 0.3 is 0 Å². The Morgan fingerprint density at radius 2 is 2.10 bits per heavy atom. The van der Waals surface area contributed by atoms with Crippen molar-refractivity contribution in [3.8, 4) is 5.75 Å². The molecule has 2 unspecified atom stereocenters. The lowest BCUT2D eigenvalue weighted by Gasteiger charge is -2.23. The summed E-state index contributed by atoms with van der Waals surface area (Å²) in [5.74, 6) is 1.85. The number of rotatable bonds is 9. The van der Waals surface area contributed by atoms with E-state index in [0.29, 0.717) is 11.8 Å². The van der Waals surface area contributed by atoms with Crippen LogP contribution in [0.5, 0.6) is 5.75 Å². The molecule has 1 rings (SSSR count). The average Bonchev–Trinajstić information content (AvgIpc) is 2.84. The van der Waals surface area contributed by atoms with Crippen LogP contribution in [0.15, 0.2) is 6.20 Å². The van der Waals surface area contributed by atoms with Gasteiger partial charge in [-0.3, -0.25) is 4.68 Å². The first-order valence-electron chi connectivity index (χ1n) is 7.46. The minimum atomic E-state index is 0.411. The van der Waals surface area contributed by atoms with E-state index in [9.17, 15) is 0 Å². The van der Waals surface area contributed by atoms with Crippen molar-refractivity contribution in [2.24, 2.45) is 5.92 Å². The van der Waals surface area contributed by atoms with Crippen molar-refractivity contribution in [3.05, 3.63) is 11.9 Å². The highest BCUT2D eigenvalue weighted by Gasteiger charge is 2.22. The van der Waals surface area contributed by atoms with Gasteiger partial charge in [-0.15, -0.1) is 0 Å². The van der Waals surface area contributed by atoms with Crippen LogP contribution in [0.4, 0.5) is 0 Å². The summed E-state index contributed by atoms with van der Waals surface area (Å²) in [5, 5.41) is 7.91. The average molecular weight is 282 g/mol. The highest BCUT2D eigenvalue weighted by molar-refractivity contribution is 5.29. The van der Waals surface area contributed by atoms with E-state index in [-0.39, 0.29) is 0 Å². The number of hydrogen-bond acceptors (Lipinski definition) is 4. The van der Waals surface area contributed by atoms with Gasteiger partial charge in [0.15, 0.2) is 5.75 Å². The van der Waals surface area contributed by atoms with Crippen LogP contribution in [0, 0.1) is 5.92 Å². The molecule has 1 aromatic rings. The molecule has 0 aliphatic carbocycles. The maximum absolute atomic E-state index is 5.49. The van der Waals surface area contributed by atoms with Gasteiger partial charge in [-0.1, -0.05) is 20.8 Å². The van der Waals surface area contributed by atoms with Crippen LogP contribution >= 0.6 is 0 Å². The normalized spacial score (nSPS) is 14.6. The maximum Gasteiger partial charge on any atom is 0.160 e. The number of ether oxygens (including phenoxy) is 1. The molecule has 0 radical (unpaired) electrons. The molecule has 20 heavy (non-hydrogen) atoms. The monoisotopic (exact) mass is 282 g/mol. The molecule has 5 nitrogen and oxygen atoms in total.